The molecular weight excluding hydrogens is 1040 g/mol. The highest BCUT2D eigenvalue weighted by Gasteiger charge is 2.43. The fourth-order valence-corrected chi connectivity index (χ4v) is 13.1. The smallest absolute Gasteiger partial charge is 0.254 e. The first-order chi connectivity index (χ1) is 38.6. The number of anilines is 2. The number of carbonyl (C=O) groups excluding carboxylic acids is 5. The molecule has 0 radical (unpaired) electrons. The molecule has 0 spiro atoms. The SMILES string of the molecule is CN[C@H](C)C(=O)C[C@@H](C(=O)N1CCC[C@@H]1C1=NC(C(=O)c2ccc(C)cc2)CS1)C1CCN(CCOCCOCCC(=O)N(C)CCn2nc3c(c2OC)-c2cnc(N)c(c2)N2CCC[C@@H]2c2cc(F)ccc2C(=O)N(C)C3)CC1. The Labute approximate surface area is 473 Å². The summed E-state index contributed by atoms with van der Waals surface area (Å²) >= 11 is 1.58. The molecule has 3 fully saturated rings. The first-order valence-electron chi connectivity index (χ1n) is 28.3. The summed E-state index contributed by atoms with van der Waals surface area (Å²) in [6, 6.07) is 12.6. The normalized spacial score (nSPS) is 20.3. The number of likely N-dealkylation sites (tertiary alicyclic amines) is 2. The van der Waals surface area contributed by atoms with Gasteiger partial charge in [0.05, 0.1) is 93.2 Å². The minimum absolute atomic E-state index is 0.00419. The topological polar surface area (TPSA) is 210 Å². The number of rotatable bonds is 22. The van der Waals surface area contributed by atoms with Gasteiger partial charge in [-0.2, -0.15) is 5.10 Å². The number of aromatic nitrogens is 3. The van der Waals surface area contributed by atoms with Crippen LogP contribution in [0.1, 0.15) is 102 Å². The number of methoxy groups -OCH3 is 1. The molecular formula is C59H78FN11O8S. The van der Waals surface area contributed by atoms with Crippen molar-refractivity contribution in [2.75, 3.05) is 110 Å². The number of ether oxygens (including phenoxy) is 3. The third kappa shape index (κ3) is 13.2. The number of Topliss-reactive ketones (excluding diaryl/α,β-unsaturated/α-hetero) is 2. The minimum atomic E-state index is -0.467. The zero-order valence-electron chi connectivity index (χ0n) is 47.2. The van der Waals surface area contributed by atoms with Crippen molar-refractivity contribution in [2.24, 2.45) is 16.8 Å². The maximum atomic E-state index is 14.8. The zero-order chi connectivity index (χ0) is 56.6. The summed E-state index contributed by atoms with van der Waals surface area (Å²) in [4.78, 5) is 87.9. The molecule has 2 aromatic carbocycles. The van der Waals surface area contributed by atoms with Gasteiger partial charge in [-0.05, 0) is 108 Å². The molecule has 9 rings (SSSR count). The summed E-state index contributed by atoms with van der Waals surface area (Å²) in [6.07, 6.45) is 6.83. The molecule has 430 valence electrons. The standard InChI is InChI=1S/C59H78FN11O8S/c1-37-11-13-40(14-12-37)54(74)47-36-80-56(64-47)49-10-8-21-70(49)58(76)44(33-51(72)38(2)62-3)39-17-22-68(23-18-39)26-28-79-30-29-78-27-19-52(73)66(4)24-25-71-59(77-6)53-41-31-50(55(61)63-34-41)69-20-7-9-48(69)45-32-42(60)15-16-43(45)57(75)67(5)35-46(53)65-71/h11-16,31-32,34,38-39,44,47-49,62H,7-10,17-30,33,35-36H2,1-6H3,(H2,61,63)/t38-,44-,47?,48-,49-/m1/s1. The third-order valence-electron chi connectivity index (χ3n) is 16.7. The van der Waals surface area contributed by atoms with Gasteiger partial charge in [-0.25, -0.2) is 14.1 Å². The number of nitrogens with zero attached hydrogens (tertiary/aromatic N) is 9. The van der Waals surface area contributed by atoms with E-state index >= 15 is 0 Å². The van der Waals surface area contributed by atoms with Crippen LogP contribution in [0.4, 0.5) is 15.9 Å². The molecule has 0 aliphatic carbocycles. The van der Waals surface area contributed by atoms with Crippen molar-refractivity contribution < 1.29 is 42.6 Å². The van der Waals surface area contributed by atoms with Crippen LogP contribution in [-0.4, -0.2) is 187 Å². The van der Waals surface area contributed by atoms with E-state index in [1.165, 1.54) is 12.1 Å². The molecule has 3 amide bonds. The number of piperidine rings is 1. The summed E-state index contributed by atoms with van der Waals surface area (Å²) < 4.78 is 34.3. The molecule has 2 bridgehead atoms. The number of halogens is 1. The molecule has 3 saturated heterocycles. The second-order valence-electron chi connectivity index (χ2n) is 21.9. The Morgan fingerprint density at radius 1 is 0.938 bits per heavy atom. The second-order valence-corrected chi connectivity index (χ2v) is 22.9. The number of nitrogens with two attached hydrogens (primary N) is 1. The number of thioether (sulfide) groups is 1. The third-order valence-corrected chi connectivity index (χ3v) is 17.9. The van der Waals surface area contributed by atoms with Gasteiger partial charge in [0.15, 0.2) is 5.78 Å². The van der Waals surface area contributed by atoms with Crippen LogP contribution >= 0.6 is 11.8 Å². The fraction of sp³-hybridized carbons (Fsp3) is 0.559. The molecule has 1 unspecified atom stereocenters. The van der Waals surface area contributed by atoms with Crippen LogP contribution in [0.5, 0.6) is 5.88 Å². The predicted molar refractivity (Wildman–Crippen MR) is 307 cm³/mol. The lowest BCUT2D eigenvalue weighted by Crippen LogP contribution is -2.48. The maximum absolute atomic E-state index is 14.8. The van der Waals surface area contributed by atoms with Crippen LogP contribution in [0.15, 0.2) is 59.7 Å². The predicted octanol–water partition coefficient (Wildman–Crippen LogP) is 6.08. The van der Waals surface area contributed by atoms with Crippen LogP contribution in [0.3, 0.4) is 0 Å². The lowest BCUT2D eigenvalue weighted by Gasteiger charge is -2.38. The number of hydrogen-bond donors (Lipinski definition) is 2. The Morgan fingerprint density at radius 2 is 1.68 bits per heavy atom. The Hall–Kier alpha value is -6.26. The van der Waals surface area contributed by atoms with Gasteiger partial charge in [0.1, 0.15) is 23.5 Å². The largest absolute Gasteiger partial charge is 0.481 e. The van der Waals surface area contributed by atoms with Gasteiger partial charge in [0.2, 0.25) is 17.7 Å². The molecule has 5 aliphatic rings. The number of nitrogens with one attached hydrogen (secondary N) is 1. The van der Waals surface area contributed by atoms with Gasteiger partial charge in [0.25, 0.3) is 5.91 Å². The van der Waals surface area contributed by atoms with Crippen molar-refractivity contribution in [3.05, 3.63) is 88.5 Å². The van der Waals surface area contributed by atoms with Crippen LogP contribution < -0.4 is 20.7 Å². The molecule has 5 atom stereocenters. The molecule has 19 nitrogen and oxygen atoms in total. The van der Waals surface area contributed by atoms with Crippen molar-refractivity contribution in [3.8, 4) is 17.0 Å². The van der Waals surface area contributed by atoms with Crippen molar-refractivity contribution in [2.45, 2.75) is 102 Å². The van der Waals surface area contributed by atoms with Crippen LogP contribution in [0.25, 0.3) is 11.1 Å². The first-order valence-corrected chi connectivity index (χ1v) is 29.3. The number of carbonyl (C=O) groups is 5. The fourth-order valence-electron chi connectivity index (χ4n) is 11.9. The molecule has 0 saturated carbocycles. The van der Waals surface area contributed by atoms with Gasteiger partial charge in [0, 0.05) is 81.3 Å². The summed E-state index contributed by atoms with van der Waals surface area (Å²) in [5, 5.41) is 8.86. The zero-order valence-corrected chi connectivity index (χ0v) is 48.0. The highest BCUT2D eigenvalue weighted by Crippen LogP contribution is 2.44. The second kappa shape index (κ2) is 26.6. The molecule has 5 aliphatic heterocycles. The number of hydrogen-bond acceptors (Lipinski definition) is 16. The van der Waals surface area contributed by atoms with E-state index in [4.69, 9.17) is 30.0 Å². The van der Waals surface area contributed by atoms with Crippen LogP contribution in [0, 0.1) is 24.6 Å². The molecule has 2 aromatic heterocycles. The summed E-state index contributed by atoms with van der Waals surface area (Å²) in [6.45, 7) is 9.64. The van der Waals surface area contributed by atoms with Gasteiger partial charge in [-0.3, -0.25) is 29.0 Å². The first kappa shape index (κ1) is 58.4. The number of amides is 3. The Bertz CT molecular complexity index is 2910. The van der Waals surface area contributed by atoms with Crippen LogP contribution in [-0.2, 0) is 36.9 Å². The van der Waals surface area contributed by atoms with E-state index in [0.29, 0.717) is 103 Å². The summed E-state index contributed by atoms with van der Waals surface area (Å²) in [5.41, 5.74) is 11.9. The van der Waals surface area contributed by atoms with E-state index in [0.717, 1.165) is 68.8 Å². The van der Waals surface area contributed by atoms with Crippen molar-refractivity contribution in [1.82, 2.24) is 39.7 Å². The molecule has 7 heterocycles. The number of pyridine rings is 1. The van der Waals surface area contributed by atoms with Crippen LogP contribution in [0.2, 0.25) is 0 Å². The number of fused-ring (bicyclic) bond motifs is 8. The molecule has 3 N–H and O–H groups in total. The molecule has 21 heteroatoms. The lowest BCUT2D eigenvalue weighted by molar-refractivity contribution is -0.141. The van der Waals surface area contributed by atoms with E-state index in [2.05, 4.69) is 20.1 Å². The number of nitrogen functional groups attached to an aromatic ring is 1. The summed E-state index contributed by atoms with van der Waals surface area (Å²) in [5.74, 6) is 0.271. The van der Waals surface area contributed by atoms with Crippen molar-refractivity contribution in [3.63, 3.8) is 0 Å². The highest BCUT2D eigenvalue weighted by molar-refractivity contribution is 8.14. The van der Waals surface area contributed by atoms with Gasteiger partial charge in [-0.15, -0.1) is 11.8 Å². The van der Waals surface area contributed by atoms with Gasteiger partial charge in [-0.1, -0.05) is 29.8 Å². The van der Waals surface area contributed by atoms with Crippen molar-refractivity contribution >= 4 is 57.6 Å². The molecule has 4 aromatic rings. The monoisotopic (exact) mass is 1120 g/mol. The van der Waals surface area contributed by atoms with Gasteiger partial charge < -0.3 is 49.8 Å². The average molecular weight is 1120 g/mol. The average Bonchev–Trinajstić information content (AvgIpc) is 4.33. The molecule has 80 heavy (non-hydrogen) atoms. The quantitative estimate of drug-likeness (QED) is 0.0676. The van der Waals surface area contributed by atoms with E-state index in [1.807, 2.05) is 49.1 Å². The van der Waals surface area contributed by atoms with E-state index in [-0.39, 0.29) is 79.3 Å². The summed E-state index contributed by atoms with van der Waals surface area (Å²) in [7, 11) is 6.77. The highest BCUT2D eigenvalue weighted by atomic mass is 32.2. The Balaban J connectivity index is 0.720. The van der Waals surface area contributed by atoms with Crippen molar-refractivity contribution in [1.29, 1.82) is 0 Å². The number of likely N-dealkylation sites (N-methyl/N-ethyl adjacent to an activating group) is 2. The Kier molecular flexibility index (Phi) is 19.4. The van der Waals surface area contributed by atoms with Gasteiger partial charge >= 0.3 is 0 Å². The number of benzene rings is 2. The number of aryl methyl sites for hydroxylation is 1. The Morgan fingerprint density at radius 3 is 2.42 bits per heavy atom. The number of ketones is 2. The lowest BCUT2D eigenvalue weighted by atomic mass is 9.79. The minimum Gasteiger partial charge on any atom is -0.481 e. The number of aliphatic imine (C=N–C) groups is 1. The van der Waals surface area contributed by atoms with E-state index in [9.17, 15) is 28.4 Å². The maximum Gasteiger partial charge on any atom is 0.254 e. The van der Waals surface area contributed by atoms with E-state index < -0.39 is 17.8 Å². The van der Waals surface area contributed by atoms with E-state index in [1.54, 1.807) is 66.8 Å².